The minimum absolute atomic E-state index is 0.170. The van der Waals surface area contributed by atoms with Crippen LogP contribution in [0.4, 0.5) is 36.3 Å². The Kier molecular flexibility index (Phi) is 6.51. The van der Waals surface area contributed by atoms with Crippen LogP contribution in [0, 0.1) is 6.92 Å². The lowest BCUT2D eigenvalue weighted by molar-refractivity contribution is -0.275. The SMILES string of the molecule is Cc1cc(Nc2ccc(NS(=O)(=O)c3ccccc3OC(F)(F)F)cc2)nc(N2CCCC2)n1. The summed E-state index contributed by atoms with van der Waals surface area (Å²) in [6.45, 7) is 3.70. The average Bonchev–Trinajstić information content (AvgIpc) is 3.29. The zero-order chi connectivity index (χ0) is 24.3. The molecule has 0 radical (unpaired) electrons. The van der Waals surface area contributed by atoms with E-state index in [0.717, 1.165) is 43.8 Å². The summed E-state index contributed by atoms with van der Waals surface area (Å²) < 4.78 is 69.4. The van der Waals surface area contributed by atoms with Crippen molar-refractivity contribution in [2.75, 3.05) is 28.0 Å². The van der Waals surface area contributed by atoms with Gasteiger partial charge in [-0.2, -0.15) is 4.98 Å². The van der Waals surface area contributed by atoms with Gasteiger partial charge in [-0.3, -0.25) is 4.72 Å². The van der Waals surface area contributed by atoms with E-state index in [1.807, 2.05) is 6.92 Å². The van der Waals surface area contributed by atoms with Gasteiger partial charge in [-0.25, -0.2) is 13.4 Å². The first-order valence-corrected chi connectivity index (χ1v) is 11.9. The average molecular weight is 494 g/mol. The van der Waals surface area contributed by atoms with Crippen LogP contribution in [0.2, 0.25) is 0 Å². The zero-order valence-corrected chi connectivity index (χ0v) is 18.9. The molecule has 2 aromatic carbocycles. The number of anilines is 4. The molecule has 1 aliphatic rings. The highest BCUT2D eigenvalue weighted by molar-refractivity contribution is 7.92. The van der Waals surface area contributed by atoms with Crippen molar-refractivity contribution < 1.29 is 26.3 Å². The van der Waals surface area contributed by atoms with E-state index < -0.39 is 27.0 Å². The molecule has 2 heterocycles. The Labute approximate surface area is 194 Å². The molecule has 4 rings (SSSR count). The van der Waals surface area contributed by atoms with Gasteiger partial charge in [-0.15, -0.1) is 13.2 Å². The molecule has 0 amide bonds. The van der Waals surface area contributed by atoms with Gasteiger partial charge in [-0.05, 0) is 56.2 Å². The Balaban J connectivity index is 1.49. The van der Waals surface area contributed by atoms with E-state index in [4.69, 9.17) is 0 Å². The summed E-state index contributed by atoms with van der Waals surface area (Å²) in [7, 11) is -4.33. The predicted octanol–water partition coefficient (Wildman–Crippen LogP) is 4.83. The third-order valence-corrected chi connectivity index (χ3v) is 6.43. The molecule has 180 valence electrons. The van der Waals surface area contributed by atoms with Gasteiger partial charge in [0.1, 0.15) is 16.5 Å². The Morgan fingerprint density at radius 2 is 1.62 bits per heavy atom. The minimum atomic E-state index is -5.02. The lowest BCUT2D eigenvalue weighted by Gasteiger charge is -2.17. The predicted molar refractivity (Wildman–Crippen MR) is 122 cm³/mol. The maximum Gasteiger partial charge on any atom is 0.573 e. The molecular weight excluding hydrogens is 471 g/mol. The first kappa shape index (κ1) is 23.6. The second kappa shape index (κ2) is 9.37. The van der Waals surface area contributed by atoms with Crippen molar-refractivity contribution >= 4 is 33.2 Å². The molecule has 2 N–H and O–H groups in total. The molecule has 1 fully saturated rings. The van der Waals surface area contributed by atoms with Gasteiger partial charge in [0, 0.05) is 36.2 Å². The summed E-state index contributed by atoms with van der Waals surface area (Å²) in [6.07, 6.45) is -2.82. The zero-order valence-electron chi connectivity index (χ0n) is 18.1. The van der Waals surface area contributed by atoms with Gasteiger partial charge in [0.05, 0.1) is 0 Å². The molecule has 0 unspecified atom stereocenters. The molecule has 8 nitrogen and oxygen atoms in total. The Morgan fingerprint density at radius 3 is 2.29 bits per heavy atom. The number of rotatable bonds is 7. The maximum atomic E-state index is 12.7. The molecular formula is C22H22F3N5O3S. The smallest absolute Gasteiger partial charge is 0.404 e. The van der Waals surface area contributed by atoms with Gasteiger partial charge in [-0.1, -0.05) is 12.1 Å². The minimum Gasteiger partial charge on any atom is -0.404 e. The highest BCUT2D eigenvalue weighted by atomic mass is 32.2. The molecule has 0 saturated carbocycles. The van der Waals surface area contributed by atoms with E-state index in [0.29, 0.717) is 17.5 Å². The van der Waals surface area contributed by atoms with E-state index >= 15 is 0 Å². The van der Waals surface area contributed by atoms with Crippen LogP contribution in [0.15, 0.2) is 59.5 Å². The molecule has 0 bridgehead atoms. The lowest BCUT2D eigenvalue weighted by atomic mass is 10.3. The number of alkyl halides is 3. The van der Waals surface area contributed by atoms with E-state index in [9.17, 15) is 21.6 Å². The highest BCUT2D eigenvalue weighted by Crippen LogP contribution is 2.31. The van der Waals surface area contributed by atoms with Crippen LogP contribution < -0.4 is 19.7 Å². The van der Waals surface area contributed by atoms with E-state index in [2.05, 4.69) is 29.6 Å². The Morgan fingerprint density at radius 1 is 0.971 bits per heavy atom. The number of hydrogen-bond donors (Lipinski definition) is 2. The molecule has 1 aromatic heterocycles. The number of nitrogens with zero attached hydrogens (tertiary/aromatic N) is 3. The fourth-order valence-corrected chi connectivity index (χ4v) is 4.72. The summed E-state index contributed by atoms with van der Waals surface area (Å²) in [5.41, 5.74) is 1.63. The first-order chi connectivity index (χ1) is 16.1. The number of ether oxygens (including phenoxy) is 1. The number of sulfonamides is 1. The summed E-state index contributed by atoms with van der Waals surface area (Å²) >= 11 is 0. The van der Waals surface area contributed by atoms with Crippen LogP contribution in [-0.4, -0.2) is 37.8 Å². The van der Waals surface area contributed by atoms with Gasteiger partial charge in [0.25, 0.3) is 10.0 Å². The van der Waals surface area contributed by atoms with Crippen molar-refractivity contribution in [2.24, 2.45) is 0 Å². The maximum absolute atomic E-state index is 12.7. The van der Waals surface area contributed by atoms with Crippen molar-refractivity contribution in [1.29, 1.82) is 0 Å². The number of nitrogens with one attached hydrogen (secondary N) is 2. The normalized spacial score (nSPS) is 14.2. The van der Waals surface area contributed by atoms with Crippen molar-refractivity contribution in [3.05, 3.63) is 60.3 Å². The fraction of sp³-hybridized carbons (Fsp3) is 0.273. The summed E-state index contributed by atoms with van der Waals surface area (Å²) in [4.78, 5) is 10.5. The van der Waals surface area contributed by atoms with Crippen molar-refractivity contribution in [1.82, 2.24) is 9.97 Å². The second-order valence-corrected chi connectivity index (χ2v) is 9.34. The molecule has 34 heavy (non-hydrogen) atoms. The van der Waals surface area contributed by atoms with Gasteiger partial charge in [0.15, 0.2) is 0 Å². The number of aromatic nitrogens is 2. The second-order valence-electron chi connectivity index (χ2n) is 7.69. The van der Waals surface area contributed by atoms with Gasteiger partial charge < -0.3 is 15.0 Å². The van der Waals surface area contributed by atoms with Crippen LogP contribution in [0.3, 0.4) is 0 Å². The number of hydrogen-bond acceptors (Lipinski definition) is 7. The van der Waals surface area contributed by atoms with Gasteiger partial charge >= 0.3 is 6.36 Å². The molecule has 0 spiro atoms. The molecule has 3 aromatic rings. The molecule has 12 heteroatoms. The van der Waals surface area contributed by atoms with Crippen LogP contribution in [-0.2, 0) is 10.0 Å². The molecule has 1 aliphatic heterocycles. The summed E-state index contributed by atoms with van der Waals surface area (Å²) in [6, 6.07) is 12.6. The third kappa shape index (κ3) is 5.87. The van der Waals surface area contributed by atoms with Crippen LogP contribution in [0.25, 0.3) is 0 Å². The highest BCUT2D eigenvalue weighted by Gasteiger charge is 2.34. The third-order valence-electron chi connectivity index (χ3n) is 5.01. The van der Waals surface area contributed by atoms with Crippen molar-refractivity contribution in [3.63, 3.8) is 0 Å². The molecule has 0 atom stereocenters. The summed E-state index contributed by atoms with van der Waals surface area (Å²) in [5.74, 6) is 0.443. The molecule has 1 saturated heterocycles. The quantitative estimate of drug-likeness (QED) is 0.487. The Bertz CT molecular complexity index is 1260. The number of para-hydroxylation sites is 1. The number of benzene rings is 2. The molecule has 0 aliphatic carbocycles. The van der Waals surface area contributed by atoms with E-state index in [-0.39, 0.29) is 5.69 Å². The first-order valence-electron chi connectivity index (χ1n) is 10.4. The monoisotopic (exact) mass is 493 g/mol. The topological polar surface area (TPSA) is 96.4 Å². The van der Waals surface area contributed by atoms with Crippen LogP contribution in [0.1, 0.15) is 18.5 Å². The van der Waals surface area contributed by atoms with E-state index in [1.165, 1.54) is 24.3 Å². The van der Waals surface area contributed by atoms with E-state index in [1.54, 1.807) is 18.2 Å². The summed E-state index contributed by atoms with van der Waals surface area (Å²) in [5, 5.41) is 3.17. The Hall–Kier alpha value is -3.54. The fourth-order valence-electron chi connectivity index (χ4n) is 3.54. The standard InChI is InChI=1S/C22H22F3N5O3S/c1-15-14-20(28-21(26-15)30-12-4-5-13-30)27-16-8-10-17(11-9-16)29-34(31,32)19-7-3-2-6-18(19)33-22(23,24)25/h2-3,6-11,14,29H,4-5,12-13H2,1H3,(H,26,27,28). The van der Waals surface area contributed by atoms with Crippen LogP contribution in [0.5, 0.6) is 5.75 Å². The largest absolute Gasteiger partial charge is 0.573 e. The van der Waals surface area contributed by atoms with Crippen molar-refractivity contribution in [2.45, 2.75) is 31.0 Å². The number of halogens is 3. The van der Waals surface area contributed by atoms with Crippen LogP contribution >= 0.6 is 0 Å². The van der Waals surface area contributed by atoms with Crippen molar-refractivity contribution in [3.8, 4) is 5.75 Å². The lowest BCUT2D eigenvalue weighted by Crippen LogP contribution is -2.21. The number of aryl methyl sites for hydroxylation is 1. The van der Waals surface area contributed by atoms with Gasteiger partial charge in [0.2, 0.25) is 5.95 Å².